The predicted octanol–water partition coefficient (Wildman–Crippen LogP) is 5.56. The Morgan fingerprint density at radius 2 is 2.00 bits per heavy atom. The number of fused-ring (bicyclic) bond motifs is 1. The number of aryl methyl sites for hydroxylation is 2. The molecule has 0 fully saturated rings. The van der Waals surface area contributed by atoms with Crippen LogP contribution in [0.4, 0.5) is 4.39 Å². The number of carbonyl (C=O) groups excluding carboxylic acids is 2. The third-order valence-electron chi connectivity index (χ3n) is 6.32. The van der Waals surface area contributed by atoms with Gasteiger partial charge in [0, 0.05) is 23.5 Å². The maximum absolute atomic E-state index is 13.7. The summed E-state index contributed by atoms with van der Waals surface area (Å²) in [5.74, 6) is -0.132. The van der Waals surface area contributed by atoms with E-state index in [1.54, 1.807) is 17.4 Å². The number of thiophene rings is 1. The van der Waals surface area contributed by atoms with E-state index < -0.39 is 5.82 Å². The number of rotatable bonds is 8. The number of hydrogen-bond donors (Lipinski definition) is 0. The zero-order chi connectivity index (χ0) is 24.9. The summed E-state index contributed by atoms with van der Waals surface area (Å²) in [4.78, 5) is 31.3. The molecule has 1 aliphatic rings. The second-order valence-corrected chi connectivity index (χ2v) is 9.97. The van der Waals surface area contributed by atoms with E-state index in [0.717, 1.165) is 23.3 Å². The van der Waals surface area contributed by atoms with Gasteiger partial charge >= 0.3 is 0 Å². The molecular formula is C28H31FN2O3S. The quantitative estimate of drug-likeness (QED) is 0.412. The second-order valence-electron chi connectivity index (χ2n) is 8.97. The first-order valence-corrected chi connectivity index (χ1v) is 12.9. The molecule has 1 aliphatic heterocycles. The number of amides is 2. The minimum absolute atomic E-state index is 0.0529. The number of hydrogen-bond acceptors (Lipinski definition) is 4. The zero-order valence-corrected chi connectivity index (χ0v) is 21.2. The standard InChI is InChI=1S/C28H31FN2O3S/c1-4-12-30(28(33)21-6-5-7-22(29)16-21)17-27(32)31-13-10-26-23(11-14-35-26)24(31)18-34-25-9-8-19(2)15-20(25)3/h5-9,11,14-16,24H,4,10,12-13,17-18H2,1-3H3/t24-/m1/s1. The van der Waals surface area contributed by atoms with Crippen LogP contribution in [0.1, 0.15) is 51.3 Å². The van der Waals surface area contributed by atoms with Gasteiger partial charge in [-0.15, -0.1) is 11.3 Å². The molecule has 3 aromatic rings. The minimum Gasteiger partial charge on any atom is -0.491 e. The van der Waals surface area contributed by atoms with Crippen LogP contribution in [0.3, 0.4) is 0 Å². The lowest BCUT2D eigenvalue weighted by molar-refractivity contribution is -0.135. The Bertz CT molecular complexity index is 1210. The highest BCUT2D eigenvalue weighted by molar-refractivity contribution is 7.10. The Labute approximate surface area is 210 Å². The number of benzene rings is 2. The van der Waals surface area contributed by atoms with Gasteiger partial charge < -0.3 is 14.5 Å². The van der Waals surface area contributed by atoms with Crippen molar-refractivity contribution in [3.63, 3.8) is 0 Å². The van der Waals surface area contributed by atoms with E-state index in [9.17, 15) is 14.0 Å². The maximum Gasteiger partial charge on any atom is 0.254 e. The number of halogens is 1. The van der Waals surface area contributed by atoms with Crippen LogP contribution in [0, 0.1) is 19.7 Å². The molecule has 0 spiro atoms. The van der Waals surface area contributed by atoms with E-state index in [-0.39, 0.29) is 30.0 Å². The Hall–Kier alpha value is -3.19. The van der Waals surface area contributed by atoms with Crippen LogP contribution in [0.25, 0.3) is 0 Å². The summed E-state index contributed by atoms with van der Waals surface area (Å²) in [5, 5.41) is 2.06. The summed E-state index contributed by atoms with van der Waals surface area (Å²) < 4.78 is 19.9. The molecule has 4 rings (SSSR count). The largest absolute Gasteiger partial charge is 0.491 e. The van der Waals surface area contributed by atoms with E-state index in [1.807, 2.05) is 37.8 Å². The van der Waals surface area contributed by atoms with E-state index in [2.05, 4.69) is 17.5 Å². The average Bonchev–Trinajstić information content (AvgIpc) is 3.32. The molecule has 0 bridgehead atoms. The van der Waals surface area contributed by atoms with Gasteiger partial charge in [-0.2, -0.15) is 0 Å². The van der Waals surface area contributed by atoms with Crippen molar-refractivity contribution < 1.29 is 18.7 Å². The molecule has 0 saturated heterocycles. The smallest absolute Gasteiger partial charge is 0.254 e. The van der Waals surface area contributed by atoms with Crippen LogP contribution in [0.2, 0.25) is 0 Å². The topological polar surface area (TPSA) is 49.9 Å². The SMILES string of the molecule is CCCN(CC(=O)N1CCc2sccc2[C@H]1COc1ccc(C)cc1C)C(=O)c1cccc(F)c1. The molecule has 0 radical (unpaired) electrons. The average molecular weight is 495 g/mol. The van der Waals surface area contributed by atoms with Crippen molar-refractivity contribution in [3.8, 4) is 5.75 Å². The highest BCUT2D eigenvalue weighted by atomic mass is 32.1. The first-order chi connectivity index (χ1) is 16.9. The molecule has 2 heterocycles. The summed E-state index contributed by atoms with van der Waals surface area (Å²) in [6, 6.07) is 13.5. The van der Waals surface area contributed by atoms with E-state index in [0.29, 0.717) is 26.1 Å². The van der Waals surface area contributed by atoms with Crippen LogP contribution in [-0.2, 0) is 11.2 Å². The van der Waals surface area contributed by atoms with Gasteiger partial charge in [0.15, 0.2) is 0 Å². The lowest BCUT2D eigenvalue weighted by atomic mass is 10.00. The molecular weight excluding hydrogens is 463 g/mol. The first kappa shape index (κ1) is 24.9. The fraction of sp³-hybridized carbons (Fsp3) is 0.357. The Morgan fingerprint density at radius 3 is 2.74 bits per heavy atom. The van der Waals surface area contributed by atoms with Gasteiger partial charge in [0.05, 0.1) is 6.04 Å². The molecule has 0 unspecified atom stereocenters. The summed E-state index contributed by atoms with van der Waals surface area (Å²) in [6.07, 6.45) is 1.48. The lowest BCUT2D eigenvalue weighted by Gasteiger charge is -2.37. The molecule has 0 N–H and O–H groups in total. The summed E-state index contributed by atoms with van der Waals surface area (Å²) in [7, 11) is 0. The second kappa shape index (κ2) is 11.0. The monoisotopic (exact) mass is 494 g/mol. The van der Waals surface area contributed by atoms with Gasteiger partial charge in [-0.1, -0.05) is 30.7 Å². The lowest BCUT2D eigenvalue weighted by Crippen LogP contribution is -2.48. The van der Waals surface area contributed by atoms with Crippen molar-refractivity contribution in [2.24, 2.45) is 0 Å². The Kier molecular flexibility index (Phi) is 7.86. The summed E-state index contributed by atoms with van der Waals surface area (Å²) in [6.45, 7) is 7.29. The van der Waals surface area contributed by atoms with Crippen molar-refractivity contribution in [2.75, 3.05) is 26.2 Å². The van der Waals surface area contributed by atoms with Crippen molar-refractivity contribution in [3.05, 3.63) is 86.9 Å². The highest BCUT2D eigenvalue weighted by Crippen LogP contribution is 2.34. The molecule has 2 aromatic carbocycles. The van der Waals surface area contributed by atoms with Gasteiger partial charge in [-0.25, -0.2) is 4.39 Å². The van der Waals surface area contributed by atoms with Crippen LogP contribution < -0.4 is 4.74 Å². The van der Waals surface area contributed by atoms with Gasteiger partial charge in [0.25, 0.3) is 5.91 Å². The molecule has 5 nitrogen and oxygen atoms in total. The maximum atomic E-state index is 13.7. The van der Waals surface area contributed by atoms with Crippen LogP contribution in [0.5, 0.6) is 5.75 Å². The third-order valence-corrected chi connectivity index (χ3v) is 7.32. The molecule has 0 saturated carbocycles. The zero-order valence-electron chi connectivity index (χ0n) is 20.4. The Balaban J connectivity index is 1.53. The molecule has 184 valence electrons. The van der Waals surface area contributed by atoms with E-state index >= 15 is 0 Å². The van der Waals surface area contributed by atoms with Crippen molar-refractivity contribution in [2.45, 2.75) is 39.7 Å². The molecule has 1 aromatic heterocycles. The van der Waals surface area contributed by atoms with Crippen molar-refractivity contribution >= 4 is 23.2 Å². The molecule has 0 aliphatic carbocycles. The summed E-state index contributed by atoms with van der Waals surface area (Å²) >= 11 is 1.70. The number of nitrogens with zero attached hydrogens (tertiary/aromatic N) is 2. The van der Waals surface area contributed by atoms with Gasteiger partial charge in [-0.05, 0) is 73.5 Å². The molecule has 1 atom stereocenters. The molecule has 2 amide bonds. The highest BCUT2D eigenvalue weighted by Gasteiger charge is 2.33. The van der Waals surface area contributed by atoms with Gasteiger partial charge in [0.2, 0.25) is 5.91 Å². The molecule has 35 heavy (non-hydrogen) atoms. The van der Waals surface area contributed by atoms with Crippen LogP contribution >= 0.6 is 11.3 Å². The van der Waals surface area contributed by atoms with Crippen LogP contribution in [-0.4, -0.2) is 47.9 Å². The van der Waals surface area contributed by atoms with Gasteiger partial charge in [-0.3, -0.25) is 9.59 Å². The minimum atomic E-state index is -0.469. The van der Waals surface area contributed by atoms with E-state index in [4.69, 9.17) is 4.74 Å². The van der Waals surface area contributed by atoms with Crippen LogP contribution in [0.15, 0.2) is 53.9 Å². The molecule has 7 heteroatoms. The Morgan fingerprint density at radius 1 is 1.17 bits per heavy atom. The fourth-order valence-electron chi connectivity index (χ4n) is 4.59. The van der Waals surface area contributed by atoms with E-state index in [1.165, 1.54) is 33.5 Å². The fourth-order valence-corrected chi connectivity index (χ4v) is 5.51. The van der Waals surface area contributed by atoms with Crippen molar-refractivity contribution in [1.29, 1.82) is 0 Å². The summed E-state index contributed by atoms with van der Waals surface area (Å²) in [5.41, 5.74) is 3.58. The predicted molar refractivity (Wildman–Crippen MR) is 136 cm³/mol. The van der Waals surface area contributed by atoms with Gasteiger partial charge in [0.1, 0.15) is 24.7 Å². The number of ether oxygens (including phenoxy) is 1. The normalized spacial score (nSPS) is 15.0. The third kappa shape index (κ3) is 5.73. The van der Waals surface area contributed by atoms with Crippen molar-refractivity contribution in [1.82, 2.24) is 9.80 Å². The first-order valence-electron chi connectivity index (χ1n) is 12.0. The number of carbonyl (C=O) groups is 2.